The molecule has 61 heavy (non-hydrogen) atoms. The molecule has 3 aliphatic rings. The highest BCUT2D eigenvalue weighted by atomic mass is 15.2. The molecule has 2 nitrogen and oxygen atoms in total. The molecule has 0 saturated carbocycles. The summed E-state index contributed by atoms with van der Waals surface area (Å²) in [6.07, 6.45) is 9.84. The Morgan fingerprint density at radius 2 is 0.902 bits per heavy atom. The number of hydrogen-bond acceptors (Lipinski definition) is 2. The molecule has 0 saturated heterocycles. The van der Waals surface area contributed by atoms with Crippen LogP contribution in [0.4, 0.5) is 34.1 Å². The maximum atomic E-state index is 2.66. The molecule has 2 heteroatoms. The standard InChI is InChI=1S/C59H52N2/c1-59(2)54-32-17-16-31-52(54)57-55(59)37-38-56(58(57)53-40-43-21-12-13-28-49(43)50-29-14-15-30-51(50)53)61(48-27-18-22-42(39-48)41-19-6-3-7-20-41)47-35-33-46(34-36-47)60(44-23-8-4-9-24-44)45-25-10-5-11-26-45/h3-11,16-20,22-27,31-40H,12-15,21,28-30H2,1-2H3. The van der Waals surface area contributed by atoms with Crippen LogP contribution in [-0.4, -0.2) is 0 Å². The average molecular weight is 789 g/mol. The van der Waals surface area contributed by atoms with Gasteiger partial charge in [0.25, 0.3) is 0 Å². The summed E-state index contributed by atoms with van der Waals surface area (Å²) < 4.78 is 0. The first-order valence-corrected chi connectivity index (χ1v) is 22.4. The van der Waals surface area contributed by atoms with Gasteiger partial charge in [0.2, 0.25) is 0 Å². The Kier molecular flexibility index (Phi) is 9.45. The van der Waals surface area contributed by atoms with Crippen molar-refractivity contribution in [1.29, 1.82) is 0 Å². The Morgan fingerprint density at radius 1 is 0.361 bits per heavy atom. The molecule has 0 N–H and O–H groups in total. The van der Waals surface area contributed by atoms with Gasteiger partial charge in [0.1, 0.15) is 0 Å². The first-order chi connectivity index (χ1) is 30.0. The summed E-state index contributed by atoms with van der Waals surface area (Å²) >= 11 is 0. The fourth-order valence-corrected chi connectivity index (χ4v) is 10.9. The molecular formula is C59H52N2. The van der Waals surface area contributed by atoms with Crippen molar-refractivity contribution in [2.75, 3.05) is 9.80 Å². The lowest BCUT2D eigenvalue weighted by Gasteiger charge is -2.34. The summed E-state index contributed by atoms with van der Waals surface area (Å²) in [6, 6.07) is 67.5. The van der Waals surface area contributed by atoms with E-state index in [2.05, 4.69) is 206 Å². The summed E-state index contributed by atoms with van der Waals surface area (Å²) in [5.41, 5.74) is 24.2. The largest absolute Gasteiger partial charge is 0.311 e. The monoisotopic (exact) mass is 788 g/mol. The quantitative estimate of drug-likeness (QED) is 0.151. The highest BCUT2D eigenvalue weighted by Crippen LogP contribution is 2.57. The van der Waals surface area contributed by atoms with Crippen LogP contribution >= 0.6 is 0 Å². The van der Waals surface area contributed by atoms with E-state index in [1.807, 2.05) is 0 Å². The van der Waals surface area contributed by atoms with Gasteiger partial charge < -0.3 is 9.80 Å². The van der Waals surface area contributed by atoms with Crippen molar-refractivity contribution in [1.82, 2.24) is 0 Å². The lowest BCUT2D eigenvalue weighted by molar-refractivity contribution is 0.641. The summed E-state index contributed by atoms with van der Waals surface area (Å²) in [5.74, 6) is 0. The van der Waals surface area contributed by atoms with Crippen LogP contribution in [0.1, 0.15) is 72.9 Å². The zero-order valence-corrected chi connectivity index (χ0v) is 35.4. The van der Waals surface area contributed by atoms with Crippen molar-refractivity contribution in [2.24, 2.45) is 0 Å². The lowest BCUT2D eigenvalue weighted by atomic mass is 9.75. The molecule has 0 radical (unpaired) electrons. The van der Waals surface area contributed by atoms with Gasteiger partial charge in [-0.1, -0.05) is 129 Å². The smallest absolute Gasteiger partial charge is 0.0546 e. The normalized spacial score (nSPS) is 14.7. The van der Waals surface area contributed by atoms with E-state index in [0.29, 0.717) is 0 Å². The molecule has 3 aliphatic carbocycles. The Balaban J connectivity index is 1.18. The van der Waals surface area contributed by atoms with Gasteiger partial charge in [-0.2, -0.15) is 0 Å². The molecule has 298 valence electrons. The van der Waals surface area contributed by atoms with E-state index in [1.54, 1.807) is 22.3 Å². The van der Waals surface area contributed by atoms with E-state index in [9.17, 15) is 0 Å². The molecule has 8 aromatic carbocycles. The van der Waals surface area contributed by atoms with E-state index in [0.717, 1.165) is 34.9 Å². The fourth-order valence-electron chi connectivity index (χ4n) is 10.9. The van der Waals surface area contributed by atoms with Crippen molar-refractivity contribution < 1.29 is 0 Å². The maximum Gasteiger partial charge on any atom is 0.0546 e. The second-order valence-electron chi connectivity index (χ2n) is 17.8. The lowest BCUT2D eigenvalue weighted by Crippen LogP contribution is -2.18. The molecule has 0 bridgehead atoms. The van der Waals surface area contributed by atoms with E-state index >= 15 is 0 Å². The molecule has 0 fully saturated rings. The summed E-state index contributed by atoms with van der Waals surface area (Å²) in [6.45, 7) is 4.85. The number of hydrogen-bond donors (Lipinski definition) is 0. The van der Waals surface area contributed by atoms with Crippen LogP contribution in [0.2, 0.25) is 0 Å². The van der Waals surface area contributed by atoms with Crippen LogP contribution in [0, 0.1) is 0 Å². The van der Waals surface area contributed by atoms with Crippen molar-refractivity contribution in [3.05, 3.63) is 215 Å². The minimum atomic E-state index is -0.120. The number of anilines is 6. The van der Waals surface area contributed by atoms with Gasteiger partial charge in [-0.25, -0.2) is 0 Å². The van der Waals surface area contributed by atoms with Crippen molar-refractivity contribution in [3.63, 3.8) is 0 Å². The van der Waals surface area contributed by atoms with Gasteiger partial charge in [-0.3, -0.25) is 0 Å². The second-order valence-corrected chi connectivity index (χ2v) is 17.8. The molecule has 0 spiro atoms. The molecule has 0 heterocycles. The SMILES string of the molecule is CC1(C)c2ccccc2-c2c1ccc(N(c1ccc(N(c3ccccc3)c3ccccc3)cc1)c1cccc(-c3ccccc3)c1)c2-c1cc2c(c3c1CCCC3)CCCC2. The molecule has 8 aromatic rings. The second kappa shape index (κ2) is 15.4. The molecule has 0 unspecified atom stereocenters. The topological polar surface area (TPSA) is 6.48 Å². The van der Waals surface area contributed by atoms with Crippen LogP contribution in [0.5, 0.6) is 0 Å². The highest BCUT2D eigenvalue weighted by molar-refractivity contribution is 6.03. The Morgan fingerprint density at radius 3 is 1.61 bits per heavy atom. The van der Waals surface area contributed by atoms with Crippen molar-refractivity contribution >= 4 is 34.1 Å². The van der Waals surface area contributed by atoms with E-state index in [4.69, 9.17) is 0 Å². The first kappa shape index (κ1) is 37.4. The number of para-hydroxylation sites is 2. The van der Waals surface area contributed by atoms with Gasteiger partial charge in [0.05, 0.1) is 5.69 Å². The maximum absolute atomic E-state index is 2.66. The number of benzene rings is 8. The van der Waals surface area contributed by atoms with Gasteiger partial charge in [-0.05, 0) is 179 Å². The molecular weight excluding hydrogens is 737 g/mol. The number of fused-ring (bicyclic) bond motifs is 6. The third kappa shape index (κ3) is 6.48. The average Bonchev–Trinajstić information content (AvgIpc) is 3.56. The number of rotatable bonds is 8. The zero-order chi connectivity index (χ0) is 40.9. The number of aryl methyl sites for hydroxylation is 1. The number of nitrogens with zero attached hydrogens (tertiary/aromatic N) is 2. The molecule has 0 amide bonds. The van der Waals surface area contributed by atoms with Crippen molar-refractivity contribution in [2.45, 2.75) is 70.6 Å². The zero-order valence-electron chi connectivity index (χ0n) is 35.4. The fraction of sp³-hybridized carbons (Fsp3) is 0.186. The molecule has 0 aliphatic heterocycles. The first-order valence-electron chi connectivity index (χ1n) is 22.4. The van der Waals surface area contributed by atoms with Crippen LogP contribution in [0.3, 0.4) is 0 Å². The van der Waals surface area contributed by atoms with Gasteiger partial charge in [-0.15, -0.1) is 0 Å². The van der Waals surface area contributed by atoms with Gasteiger partial charge in [0.15, 0.2) is 0 Å². The van der Waals surface area contributed by atoms with Crippen LogP contribution in [0.25, 0.3) is 33.4 Å². The van der Waals surface area contributed by atoms with Crippen molar-refractivity contribution in [3.8, 4) is 33.4 Å². The van der Waals surface area contributed by atoms with Gasteiger partial charge in [0, 0.05) is 39.4 Å². The summed E-state index contributed by atoms with van der Waals surface area (Å²) in [7, 11) is 0. The molecule has 0 aromatic heterocycles. The minimum absolute atomic E-state index is 0.120. The summed E-state index contributed by atoms with van der Waals surface area (Å²) in [4.78, 5) is 4.91. The minimum Gasteiger partial charge on any atom is -0.311 e. The predicted octanol–water partition coefficient (Wildman–Crippen LogP) is 16.0. The van der Waals surface area contributed by atoms with E-state index < -0.39 is 0 Å². The Hall–Kier alpha value is -6.64. The summed E-state index contributed by atoms with van der Waals surface area (Å²) in [5, 5.41) is 0. The molecule has 11 rings (SSSR count). The Bertz CT molecular complexity index is 2830. The predicted molar refractivity (Wildman–Crippen MR) is 258 cm³/mol. The van der Waals surface area contributed by atoms with Crippen LogP contribution in [-0.2, 0) is 31.1 Å². The highest BCUT2D eigenvalue weighted by Gasteiger charge is 2.39. The van der Waals surface area contributed by atoms with Crippen LogP contribution in [0.15, 0.2) is 182 Å². The van der Waals surface area contributed by atoms with Gasteiger partial charge >= 0.3 is 0 Å². The Labute approximate surface area is 361 Å². The van der Waals surface area contributed by atoms with E-state index in [1.165, 1.54) is 95.1 Å². The third-order valence-corrected chi connectivity index (χ3v) is 13.8. The van der Waals surface area contributed by atoms with E-state index in [-0.39, 0.29) is 5.41 Å². The molecule has 0 atom stereocenters. The van der Waals surface area contributed by atoms with Crippen LogP contribution < -0.4 is 9.80 Å². The third-order valence-electron chi connectivity index (χ3n) is 13.8.